The largest absolute Gasteiger partial charge is 0.494 e. The van der Waals surface area contributed by atoms with Crippen molar-refractivity contribution >= 4 is 5.69 Å². The van der Waals surface area contributed by atoms with Gasteiger partial charge in [-0.2, -0.15) is 0 Å². The Balaban J connectivity index is 2.06. The fraction of sp³-hybridized carbons (Fsp3) is 0.571. The van der Waals surface area contributed by atoms with Crippen molar-refractivity contribution in [3.05, 3.63) is 24.3 Å². The number of nitrogens with zero attached hydrogens (tertiary/aromatic N) is 1. The molecule has 1 aliphatic heterocycles. The van der Waals surface area contributed by atoms with E-state index in [1.54, 1.807) is 0 Å². The van der Waals surface area contributed by atoms with E-state index in [-0.39, 0.29) is 0 Å². The van der Waals surface area contributed by atoms with Gasteiger partial charge in [0.15, 0.2) is 0 Å². The number of rotatable bonds is 3. The Kier molecular flexibility index (Phi) is 3.89. The van der Waals surface area contributed by atoms with Crippen molar-refractivity contribution < 1.29 is 4.74 Å². The summed E-state index contributed by atoms with van der Waals surface area (Å²) in [6.07, 6.45) is 1.13. The summed E-state index contributed by atoms with van der Waals surface area (Å²) in [5.74, 6) is 1.61. The van der Waals surface area contributed by atoms with Crippen molar-refractivity contribution in [3.8, 4) is 5.75 Å². The minimum atomic E-state index is 0.297. The quantitative estimate of drug-likeness (QED) is 0.872. The van der Waals surface area contributed by atoms with E-state index in [4.69, 9.17) is 10.5 Å². The molecule has 0 radical (unpaired) electrons. The van der Waals surface area contributed by atoms with Crippen molar-refractivity contribution in [2.45, 2.75) is 26.3 Å². The Morgan fingerprint density at radius 3 is 2.59 bits per heavy atom. The molecule has 1 aliphatic rings. The Labute approximate surface area is 104 Å². The third-order valence-corrected chi connectivity index (χ3v) is 3.20. The molecule has 3 nitrogen and oxygen atoms in total. The third kappa shape index (κ3) is 3.13. The Morgan fingerprint density at radius 2 is 2.00 bits per heavy atom. The van der Waals surface area contributed by atoms with Crippen LogP contribution in [0.5, 0.6) is 5.75 Å². The maximum atomic E-state index is 6.06. The molecule has 3 heteroatoms. The van der Waals surface area contributed by atoms with E-state index in [2.05, 4.69) is 24.0 Å². The van der Waals surface area contributed by atoms with Crippen molar-refractivity contribution in [1.82, 2.24) is 0 Å². The monoisotopic (exact) mass is 234 g/mol. The molecule has 0 aromatic heterocycles. The predicted octanol–water partition coefficient (Wildman–Crippen LogP) is 2.26. The fourth-order valence-electron chi connectivity index (χ4n) is 2.53. The maximum absolute atomic E-state index is 6.06. The van der Waals surface area contributed by atoms with Crippen LogP contribution in [0.2, 0.25) is 0 Å². The lowest BCUT2D eigenvalue weighted by Crippen LogP contribution is -2.46. The number of nitrogens with two attached hydrogens (primary N) is 1. The summed E-state index contributed by atoms with van der Waals surface area (Å²) in [7, 11) is 0. The van der Waals surface area contributed by atoms with E-state index in [0.717, 1.165) is 25.3 Å². The molecule has 17 heavy (non-hydrogen) atoms. The van der Waals surface area contributed by atoms with E-state index < -0.39 is 0 Å². The Bertz CT molecular complexity index is 340. The first-order chi connectivity index (χ1) is 8.19. The van der Waals surface area contributed by atoms with Crippen LogP contribution in [0.15, 0.2) is 24.3 Å². The molecule has 1 aromatic rings. The van der Waals surface area contributed by atoms with Crippen LogP contribution in [0.1, 0.15) is 20.3 Å². The smallest absolute Gasteiger partial charge is 0.119 e. The van der Waals surface area contributed by atoms with Gasteiger partial charge in [0.1, 0.15) is 5.75 Å². The first-order valence-electron chi connectivity index (χ1n) is 6.42. The van der Waals surface area contributed by atoms with Gasteiger partial charge in [0.2, 0.25) is 0 Å². The van der Waals surface area contributed by atoms with Gasteiger partial charge in [-0.3, -0.25) is 0 Å². The van der Waals surface area contributed by atoms with Crippen LogP contribution in [-0.4, -0.2) is 25.7 Å². The molecular formula is C14H22N2O. The first kappa shape index (κ1) is 12.2. The molecule has 1 heterocycles. The molecule has 2 atom stereocenters. The van der Waals surface area contributed by atoms with E-state index >= 15 is 0 Å². The normalized spacial score (nSPS) is 24.8. The zero-order chi connectivity index (χ0) is 12.3. The standard InChI is InChI=1S/C14H22N2O/c1-3-17-14-6-4-13(5-7-14)16-9-11(2)8-12(15)10-16/h4-7,11-12H,3,8-10,15H2,1-2H3. The van der Waals surface area contributed by atoms with Crippen molar-refractivity contribution in [2.75, 3.05) is 24.6 Å². The summed E-state index contributed by atoms with van der Waals surface area (Å²) in [4.78, 5) is 2.37. The van der Waals surface area contributed by atoms with E-state index in [1.807, 2.05) is 19.1 Å². The number of hydrogen-bond acceptors (Lipinski definition) is 3. The number of ether oxygens (including phenoxy) is 1. The summed E-state index contributed by atoms with van der Waals surface area (Å²) in [5, 5.41) is 0. The highest BCUT2D eigenvalue weighted by Gasteiger charge is 2.22. The molecule has 1 saturated heterocycles. The molecule has 0 bridgehead atoms. The Morgan fingerprint density at radius 1 is 1.29 bits per heavy atom. The SMILES string of the molecule is CCOc1ccc(N2CC(C)CC(N)C2)cc1. The van der Waals surface area contributed by atoms with Crippen LogP contribution in [0.3, 0.4) is 0 Å². The summed E-state index contributed by atoms with van der Waals surface area (Å²) in [5.41, 5.74) is 7.31. The molecule has 1 aromatic carbocycles. The second kappa shape index (κ2) is 5.41. The van der Waals surface area contributed by atoms with Gasteiger partial charge in [-0.1, -0.05) is 6.92 Å². The molecule has 0 aliphatic carbocycles. The topological polar surface area (TPSA) is 38.5 Å². The number of anilines is 1. The molecule has 1 fully saturated rings. The van der Waals surface area contributed by atoms with Gasteiger partial charge in [0.05, 0.1) is 6.61 Å². The van der Waals surface area contributed by atoms with Gasteiger partial charge in [-0.15, -0.1) is 0 Å². The van der Waals surface area contributed by atoms with Crippen molar-refractivity contribution in [3.63, 3.8) is 0 Å². The highest BCUT2D eigenvalue weighted by molar-refractivity contribution is 5.49. The molecular weight excluding hydrogens is 212 g/mol. The lowest BCUT2D eigenvalue weighted by molar-refractivity contribution is 0.340. The molecule has 94 valence electrons. The number of piperidine rings is 1. The number of hydrogen-bond donors (Lipinski definition) is 1. The summed E-state index contributed by atoms with van der Waals surface area (Å²) < 4.78 is 5.45. The molecule has 0 saturated carbocycles. The Hall–Kier alpha value is -1.22. The molecule has 2 rings (SSSR count). The van der Waals surface area contributed by atoms with Crippen molar-refractivity contribution in [2.24, 2.45) is 11.7 Å². The van der Waals surface area contributed by atoms with Gasteiger partial charge >= 0.3 is 0 Å². The average Bonchev–Trinajstić information content (AvgIpc) is 2.29. The highest BCUT2D eigenvalue weighted by Crippen LogP contribution is 2.24. The highest BCUT2D eigenvalue weighted by atomic mass is 16.5. The van der Waals surface area contributed by atoms with Gasteiger partial charge in [0.25, 0.3) is 0 Å². The summed E-state index contributed by atoms with van der Waals surface area (Å²) >= 11 is 0. The van der Waals surface area contributed by atoms with Crippen LogP contribution in [0.4, 0.5) is 5.69 Å². The zero-order valence-electron chi connectivity index (χ0n) is 10.7. The molecule has 2 N–H and O–H groups in total. The molecule has 0 spiro atoms. The van der Waals surface area contributed by atoms with Crippen molar-refractivity contribution in [1.29, 1.82) is 0 Å². The molecule has 0 amide bonds. The summed E-state index contributed by atoms with van der Waals surface area (Å²) in [6, 6.07) is 8.60. The van der Waals surface area contributed by atoms with E-state index in [9.17, 15) is 0 Å². The average molecular weight is 234 g/mol. The minimum Gasteiger partial charge on any atom is -0.494 e. The van der Waals surface area contributed by atoms with Crippen LogP contribution < -0.4 is 15.4 Å². The predicted molar refractivity (Wildman–Crippen MR) is 71.6 cm³/mol. The van der Waals surface area contributed by atoms with Crippen LogP contribution in [0.25, 0.3) is 0 Å². The van der Waals surface area contributed by atoms with Crippen LogP contribution >= 0.6 is 0 Å². The lowest BCUT2D eigenvalue weighted by Gasteiger charge is -2.36. The maximum Gasteiger partial charge on any atom is 0.119 e. The van der Waals surface area contributed by atoms with E-state index in [0.29, 0.717) is 18.6 Å². The van der Waals surface area contributed by atoms with Crippen LogP contribution in [0, 0.1) is 5.92 Å². The van der Waals surface area contributed by atoms with Gasteiger partial charge in [0, 0.05) is 24.8 Å². The lowest BCUT2D eigenvalue weighted by atomic mass is 9.96. The van der Waals surface area contributed by atoms with Crippen LogP contribution in [-0.2, 0) is 0 Å². The van der Waals surface area contributed by atoms with Gasteiger partial charge in [-0.05, 0) is 43.5 Å². The third-order valence-electron chi connectivity index (χ3n) is 3.20. The van der Waals surface area contributed by atoms with E-state index in [1.165, 1.54) is 5.69 Å². The zero-order valence-corrected chi connectivity index (χ0v) is 10.7. The summed E-state index contributed by atoms with van der Waals surface area (Å²) in [6.45, 7) is 7.03. The second-order valence-corrected chi connectivity index (χ2v) is 4.93. The van der Waals surface area contributed by atoms with Gasteiger partial charge in [-0.25, -0.2) is 0 Å². The van der Waals surface area contributed by atoms with Gasteiger partial charge < -0.3 is 15.4 Å². The second-order valence-electron chi connectivity index (χ2n) is 4.93. The first-order valence-corrected chi connectivity index (χ1v) is 6.42. The fourth-order valence-corrected chi connectivity index (χ4v) is 2.53. The molecule has 2 unspecified atom stereocenters. The minimum absolute atomic E-state index is 0.297. The number of benzene rings is 1.